The third kappa shape index (κ3) is 6.33. The van der Waals surface area contributed by atoms with Crippen molar-refractivity contribution in [2.24, 2.45) is 0 Å². The second-order valence-corrected chi connectivity index (χ2v) is 5.03. The van der Waals surface area contributed by atoms with Gasteiger partial charge in [-0.3, -0.25) is 9.59 Å². The molecular weight excluding hydrogens is 256 g/mol. The van der Waals surface area contributed by atoms with Gasteiger partial charge in [-0.1, -0.05) is 12.8 Å². The SMILES string of the molecule is CCOC(=O)CCCCCCC1=CC(OCC)CC1=O. The van der Waals surface area contributed by atoms with Crippen molar-refractivity contribution in [3.63, 3.8) is 0 Å². The van der Waals surface area contributed by atoms with Crippen molar-refractivity contribution >= 4 is 11.8 Å². The van der Waals surface area contributed by atoms with Crippen LogP contribution in [0.25, 0.3) is 0 Å². The minimum absolute atomic E-state index is 0.00804. The Morgan fingerprint density at radius 1 is 1.20 bits per heavy atom. The number of carbonyl (C=O) groups is 2. The molecule has 4 heteroatoms. The normalized spacial score (nSPS) is 18.2. The topological polar surface area (TPSA) is 52.6 Å². The maximum Gasteiger partial charge on any atom is 0.305 e. The minimum atomic E-state index is -0.110. The van der Waals surface area contributed by atoms with Crippen molar-refractivity contribution in [2.45, 2.75) is 64.9 Å². The maximum absolute atomic E-state index is 11.7. The second-order valence-electron chi connectivity index (χ2n) is 5.03. The monoisotopic (exact) mass is 282 g/mol. The van der Waals surface area contributed by atoms with E-state index in [1.807, 2.05) is 19.9 Å². The minimum Gasteiger partial charge on any atom is -0.466 e. The first-order valence-electron chi connectivity index (χ1n) is 7.68. The highest BCUT2D eigenvalue weighted by Crippen LogP contribution is 2.22. The molecule has 114 valence electrons. The van der Waals surface area contributed by atoms with Crippen LogP contribution in [0.4, 0.5) is 0 Å². The summed E-state index contributed by atoms with van der Waals surface area (Å²) in [5.41, 5.74) is 0.925. The Labute approximate surface area is 121 Å². The molecule has 1 unspecified atom stereocenters. The lowest BCUT2D eigenvalue weighted by Crippen LogP contribution is -2.08. The first kappa shape index (κ1) is 16.9. The number of carbonyl (C=O) groups excluding carboxylic acids is 2. The van der Waals surface area contributed by atoms with Gasteiger partial charge in [0.05, 0.1) is 12.7 Å². The van der Waals surface area contributed by atoms with E-state index in [1.165, 1.54) is 0 Å². The van der Waals surface area contributed by atoms with Crippen molar-refractivity contribution in [3.8, 4) is 0 Å². The van der Waals surface area contributed by atoms with Crippen LogP contribution in [0.3, 0.4) is 0 Å². The molecular formula is C16H26O4. The van der Waals surface area contributed by atoms with Crippen molar-refractivity contribution in [2.75, 3.05) is 13.2 Å². The molecule has 1 atom stereocenters. The number of esters is 1. The summed E-state index contributed by atoms with van der Waals surface area (Å²) in [6.07, 6.45) is 7.73. The standard InChI is InChI=1S/C16H26O4/c1-3-19-14-11-13(15(17)12-14)9-7-5-6-8-10-16(18)20-4-2/h11,14H,3-10,12H2,1-2H3. The molecule has 0 heterocycles. The number of unbranched alkanes of at least 4 members (excludes halogenated alkanes) is 3. The van der Waals surface area contributed by atoms with Gasteiger partial charge in [-0.2, -0.15) is 0 Å². The van der Waals surface area contributed by atoms with Gasteiger partial charge in [0.25, 0.3) is 0 Å². The Bertz CT molecular complexity index is 346. The van der Waals surface area contributed by atoms with E-state index in [9.17, 15) is 9.59 Å². The van der Waals surface area contributed by atoms with Crippen LogP contribution >= 0.6 is 0 Å². The fraction of sp³-hybridized carbons (Fsp3) is 0.750. The summed E-state index contributed by atoms with van der Waals surface area (Å²) in [7, 11) is 0. The molecule has 0 saturated carbocycles. The van der Waals surface area contributed by atoms with Gasteiger partial charge in [-0.25, -0.2) is 0 Å². The molecule has 0 aromatic carbocycles. The summed E-state index contributed by atoms with van der Waals surface area (Å²) in [6, 6.07) is 0. The summed E-state index contributed by atoms with van der Waals surface area (Å²) in [6.45, 7) is 4.87. The summed E-state index contributed by atoms with van der Waals surface area (Å²) in [4.78, 5) is 22.9. The second kappa shape index (κ2) is 9.70. The highest BCUT2D eigenvalue weighted by atomic mass is 16.5. The summed E-state index contributed by atoms with van der Waals surface area (Å²) in [5.74, 6) is 0.121. The smallest absolute Gasteiger partial charge is 0.305 e. The van der Waals surface area contributed by atoms with E-state index in [2.05, 4.69) is 0 Å². The first-order chi connectivity index (χ1) is 9.67. The Morgan fingerprint density at radius 2 is 1.95 bits per heavy atom. The van der Waals surface area contributed by atoms with Crippen molar-refractivity contribution in [1.29, 1.82) is 0 Å². The van der Waals surface area contributed by atoms with Gasteiger partial charge in [-0.05, 0) is 44.8 Å². The molecule has 0 N–H and O–H groups in total. The predicted octanol–water partition coefficient (Wildman–Crippen LogP) is 3.19. The van der Waals surface area contributed by atoms with E-state index in [0.29, 0.717) is 26.1 Å². The van der Waals surface area contributed by atoms with Crippen LogP contribution < -0.4 is 0 Å². The zero-order chi connectivity index (χ0) is 14.8. The van der Waals surface area contributed by atoms with E-state index < -0.39 is 0 Å². The Kier molecular flexibility index (Phi) is 8.19. The molecule has 1 rings (SSSR count). The maximum atomic E-state index is 11.7. The largest absolute Gasteiger partial charge is 0.466 e. The summed E-state index contributed by atoms with van der Waals surface area (Å²) >= 11 is 0. The lowest BCUT2D eigenvalue weighted by atomic mass is 10.0. The lowest BCUT2D eigenvalue weighted by molar-refractivity contribution is -0.143. The molecule has 0 aliphatic heterocycles. The van der Waals surface area contributed by atoms with Gasteiger partial charge in [0.2, 0.25) is 0 Å². The van der Waals surface area contributed by atoms with Gasteiger partial charge in [0.1, 0.15) is 0 Å². The molecule has 0 aromatic rings. The molecule has 20 heavy (non-hydrogen) atoms. The highest BCUT2D eigenvalue weighted by Gasteiger charge is 2.23. The Morgan fingerprint density at radius 3 is 2.65 bits per heavy atom. The Hall–Kier alpha value is -1.16. The van der Waals surface area contributed by atoms with E-state index in [0.717, 1.165) is 37.7 Å². The van der Waals surface area contributed by atoms with Crippen LogP contribution in [-0.2, 0) is 19.1 Å². The van der Waals surface area contributed by atoms with Crippen LogP contribution in [0, 0.1) is 0 Å². The third-order valence-corrected chi connectivity index (χ3v) is 3.39. The van der Waals surface area contributed by atoms with Gasteiger partial charge in [0.15, 0.2) is 5.78 Å². The average Bonchev–Trinajstić information content (AvgIpc) is 2.75. The highest BCUT2D eigenvalue weighted by molar-refractivity contribution is 5.98. The molecule has 1 aliphatic rings. The Balaban J connectivity index is 2.08. The lowest BCUT2D eigenvalue weighted by Gasteiger charge is -2.04. The zero-order valence-electron chi connectivity index (χ0n) is 12.7. The van der Waals surface area contributed by atoms with Gasteiger partial charge < -0.3 is 9.47 Å². The van der Waals surface area contributed by atoms with Crippen LogP contribution in [0.2, 0.25) is 0 Å². The van der Waals surface area contributed by atoms with Gasteiger partial charge in [0, 0.05) is 19.4 Å². The molecule has 0 spiro atoms. The van der Waals surface area contributed by atoms with E-state index >= 15 is 0 Å². The van der Waals surface area contributed by atoms with Gasteiger partial charge in [-0.15, -0.1) is 0 Å². The van der Waals surface area contributed by atoms with E-state index in [-0.39, 0.29) is 17.9 Å². The van der Waals surface area contributed by atoms with E-state index in [1.54, 1.807) is 0 Å². The van der Waals surface area contributed by atoms with E-state index in [4.69, 9.17) is 9.47 Å². The van der Waals surface area contributed by atoms with Crippen LogP contribution in [0.1, 0.15) is 58.8 Å². The molecule has 4 nitrogen and oxygen atoms in total. The van der Waals surface area contributed by atoms with Crippen LogP contribution in [0.5, 0.6) is 0 Å². The molecule has 1 aliphatic carbocycles. The first-order valence-corrected chi connectivity index (χ1v) is 7.68. The van der Waals surface area contributed by atoms with Crippen LogP contribution in [-0.4, -0.2) is 31.1 Å². The number of rotatable bonds is 10. The fourth-order valence-corrected chi connectivity index (χ4v) is 2.41. The third-order valence-electron chi connectivity index (χ3n) is 3.39. The summed E-state index contributed by atoms with van der Waals surface area (Å²) in [5, 5.41) is 0. The molecule has 0 radical (unpaired) electrons. The predicted molar refractivity (Wildman–Crippen MR) is 77.5 cm³/mol. The molecule has 0 saturated heterocycles. The van der Waals surface area contributed by atoms with Crippen molar-refractivity contribution in [1.82, 2.24) is 0 Å². The number of hydrogen-bond donors (Lipinski definition) is 0. The molecule has 0 amide bonds. The number of ether oxygens (including phenoxy) is 2. The fourth-order valence-electron chi connectivity index (χ4n) is 2.41. The number of Topliss-reactive ketones (excluding diaryl/α,β-unsaturated/α-hetero) is 1. The van der Waals surface area contributed by atoms with Crippen molar-refractivity contribution in [3.05, 3.63) is 11.6 Å². The van der Waals surface area contributed by atoms with Crippen LogP contribution in [0.15, 0.2) is 11.6 Å². The molecule has 0 fully saturated rings. The van der Waals surface area contributed by atoms with Crippen molar-refractivity contribution < 1.29 is 19.1 Å². The number of ketones is 1. The zero-order valence-corrected chi connectivity index (χ0v) is 12.7. The average molecular weight is 282 g/mol. The van der Waals surface area contributed by atoms with Gasteiger partial charge >= 0.3 is 5.97 Å². The number of hydrogen-bond acceptors (Lipinski definition) is 4. The number of allylic oxidation sites excluding steroid dienone is 1. The summed E-state index contributed by atoms with van der Waals surface area (Å²) < 4.78 is 10.3. The molecule has 0 aromatic heterocycles. The quantitative estimate of drug-likeness (QED) is 0.456. The molecule has 0 bridgehead atoms.